The molecule has 228 valence electrons. The molecule has 0 heterocycles. The number of nitrogens with one attached hydrogen (secondary N) is 2. The van der Waals surface area contributed by atoms with Crippen molar-refractivity contribution in [3.63, 3.8) is 0 Å². The van der Waals surface area contributed by atoms with Crippen molar-refractivity contribution in [3.8, 4) is 0 Å². The topological polar surface area (TPSA) is 96.5 Å². The second-order valence-electron chi connectivity index (χ2n) is 9.55. The lowest BCUT2D eigenvalue weighted by Gasteiger charge is -2.29. The third-order valence-electron chi connectivity index (χ3n) is 5.55. The van der Waals surface area contributed by atoms with Crippen molar-refractivity contribution in [2.24, 2.45) is 0 Å². The maximum atomic E-state index is 12.3. The number of amides is 2. The van der Waals surface area contributed by atoms with Gasteiger partial charge in [0, 0.05) is 64.8 Å². The summed E-state index contributed by atoms with van der Waals surface area (Å²) in [5.74, 6) is 0. The van der Waals surface area contributed by atoms with E-state index in [1.54, 1.807) is 0 Å². The van der Waals surface area contributed by atoms with E-state index in [1.165, 1.54) is 0 Å². The van der Waals surface area contributed by atoms with Crippen molar-refractivity contribution in [3.05, 3.63) is 0 Å². The molecule has 0 atom stereocenters. The second kappa shape index (κ2) is 25.4. The Morgan fingerprint density at radius 1 is 0.474 bits per heavy atom. The molecule has 38 heavy (non-hydrogen) atoms. The van der Waals surface area contributed by atoms with E-state index in [9.17, 15) is 4.79 Å². The van der Waals surface area contributed by atoms with Crippen molar-refractivity contribution in [1.29, 1.82) is 0 Å². The van der Waals surface area contributed by atoms with Crippen molar-refractivity contribution < 1.29 is 31.4 Å². The second-order valence-corrected chi connectivity index (χ2v) is 15.0. The maximum absolute atomic E-state index is 12.3. The van der Waals surface area contributed by atoms with Crippen LogP contribution in [0, 0.1) is 0 Å². The molecule has 0 bridgehead atoms. The fourth-order valence-corrected chi connectivity index (χ4v) is 9.45. The van der Waals surface area contributed by atoms with Gasteiger partial charge >= 0.3 is 23.6 Å². The molecule has 0 aromatic rings. The van der Waals surface area contributed by atoms with Gasteiger partial charge in [-0.25, -0.2) is 4.79 Å². The molecule has 0 fully saturated rings. The van der Waals surface area contributed by atoms with Crippen LogP contribution in [0.5, 0.6) is 0 Å². The molecule has 9 nitrogen and oxygen atoms in total. The molecule has 0 unspecified atom stereocenters. The summed E-state index contributed by atoms with van der Waals surface area (Å²) in [6, 6.07) is 1.43. The van der Waals surface area contributed by atoms with Gasteiger partial charge in [-0.3, -0.25) is 0 Å². The first kappa shape index (κ1) is 37.5. The van der Waals surface area contributed by atoms with E-state index in [-0.39, 0.29) is 6.03 Å². The van der Waals surface area contributed by atoms with Gasteiger partial charge in [-0.05, 0) is 64.2 Å². The summed E-state index contributed by atoms with van der Waals surface area (Å²) in [7, 11) is -5.33. The normalized spacial score (nSPS) is 12.2. The Labute approximate surface area is 236 Å². The number of carbonyl (C=O) groups excluding carboxylic acids is 1. The van der Waals surface area contributed by atoms with Gasteiger partial charge in [-0.2, -0.15) is 0 Å². The zero-order valence-corrected chi connectivity index (χ0v) is 27.5. The largest absolute Gasteiger partial charge is 0.500 e. The van der Waals surface area contributed by atoms with E-state index in [4.69, 9.17) is 26.6 Å². The van der Waals surface area contributed by atoms with Crippen molar-refractivity contribution in [2.75, 3.05) is 52.7 Å². The molecule has 11 heteroatoms. The summed E-state index contributed by atoms with van der Waals surface area (Å²) in [5, 5.41) is 5.93. The Bertz CT molecular complexity index is 460. The Balaban J connectivity index is 4.40. The fourth-order valence-electron chi connectivity index (χ4n) is 3.63. The standard InChI is InChI=1S/C27H60N2O7Si2/c1-7-19-31-37(32-20-8-2,33-21-9-3)25-15-13-17-28-27(30)29-18-14-16-26-38(34-22-10-4,35-23-11-5)36-24-12-6/h7-26H2,1-6H3,(H2,28,29,30). The molecule has 2 amide bonds. The van der Waals surface area contributed by atoms with Crippen LogP contribution in [-0.2, 0) is 26.6 Å². The van der Waals surface area contributed by atoms with Crippen LogP contribution in [0.15, 0.2) is 0 Å². The molecule has 0 aromatic carbocycles. The molecule has 0 aliphatic heterocycles. The van der Waals surface area contributed by atoms with Crippen molar-refractivity contribution in [1.82, 2.24) is 10.6 Å². The molecule has 0 saturated carbocycles. The Morgan fingerprint density at radius 3 is 0.974 bits per heavy atom. The number of unbranched alkanes of at least 4 members (excludes halogenated alkanes) is 2. The van der Waals surface area contributed by atoms with Gasteiger partial charge in [0.15, 0.2) is 0 Å². The molecule has 0 spiro atoms. The highest BCUT2D eigenvalue weighted by atomic mass is 28.4. The van der Waals surface area contributed by atoms with E-state index in [1.807, 2.05) is 0 Å². The van der Waals surface area contributed by atoms with Crippen LogP contribution < -0.4 is 10.6 Å². The minimum atomic E-state index is -2.66. The van der Waals surface area contributed by atoms with E-state index in [0.717, 1.165) is 76.3 Å². The fraction of sp³-hybridized carbons (Fsp3) is 0.963. The third kappa shape index (κ3) is 18.7. The van der Waals surface area contributed by atoms with Crippen molar-refractivity contribution >= 4 is 23.6 Å². The molecule has 0 aromatic heterocycles. The molecule has 0 rings (SSSR count). The summed E-state index contributed by atoms with van der Waals surface area (Å²) in [6.07, 6.45) is 9.13. The summed E-state index contributed by atoms with van der Waals surface area (Å²) < 4.78 is 36.9. The van der Waals surface area contributed by atoms with Gasteiger partial charge in [0.2, 0.25) is 0 Å². The lowest BCUT2D eigenvalue weighted by atomic mass is 10.3. The highest BCUT2D eigenvalue weighted by Gasteiger charge is 2.41. The van der Waals surface area contributed by atoms with Gasteiger partial charge < -0.3 is 37.2 Å². The molecule has 0 radical (unpaired) electrons. The summed E-state index contributed by atoms with van der Waals surface area (Å²) in [4.78, 5) is 12.3. The van der Waals surface area contributed by atoms with Crippen LogP contribution in [0.3, 0.4) is 0 Å². The first-order valence-corrected chi connectivity index (χ1v) is 19.2. The van der Waals surface area contributed by atoms with Gasteiger partial charge in [0.1, 0.15) is 0 Å². The molecule has 0 saturated heterocycles. The molecular weight excluding hydrogens is 520 g/mol. The minimum Gasteiger partial charge on any atom is -0.373 e. The van der Waals surface area contributed by atoms with E-state index >= 15 is 0 Å². The lowest BCUT2D eigenvalue weighted by Crippen LogP contribution is -2.46. The summed E-state index contributed by atoms with van der Waals surface area (Å²) in [6.45, 7) is 17.8. The lowest BCUT2D eigenvalue weighted by molar-refractivity contribution is 0.0580. The molecule has 0 aliphatic rings. The van der Waals surface area contributed by atoms with Gasteiger partial charge in [-0.15, -0.1) is 0 Å². The monoisotopic (exact) mass is 580 g/mol. The number of hydrogen-bond donors (Lipinski definition) is 2. The Kier molecular flexibility index (Phi) is 25.1. The minimum absolute atomic E-state index is 0.129. The van der Waals surface area contributed by atoms with Crippen LogP contribution >= 0.6 is 0 Å². The van der Waals surface area contributed by atoms with E-state index < -0.39 is 17.6 Å². The first-order valence-electron chi connectivity index (χ1n) is 15.3. The molecule has 2 N–H and O–H groups in total. The first-order chi connectivity index (χ1) is 18.5. The zero-order chi connectivity index (χ0) is 28.4. The van der Waals surface area contributed by atoms with E-state index in [2.05, 4.69) is 52.2 Å². The molecule has 0 aliphatic carbocycles. The van der Waals surface area contributed by atoms with Gasteiger partial charge in [-0.1, -0.05) is 41.5 Å². The summed E-state index contributed by atoms with van der Waals surface area (Å²) >= 11 is 0. The maximum Gasteiger partial charge on any atom is 0.500 e. The Hall–Kier alpha value is -0.536. The molecular formula is C27H60N2O7Si2. The summed E-state index contributed by atoms with van der Waals surface area (Å²) in [5.41, 5.74) is 0. The van der Waals surface area contributed by atoms with Crippen LogP contribution in [0.2, 0.25) is 12.1 Å². The van der Waals surface area contributed by atoms with E-state index in [0.29, 0.717) is 52.7 Å². The predicted molar refractivity (Wildman–Crippen MR) is 158 cm³/mol. The zero-order valence-electron chi connectivity index (χ0n) is 25.5. The predicted octanol–water partition coefficient (Wildman–Crippen LogP) is 6.28. The van der Waals surface area contributed by atoms with Crippen LogP contribution in [0.25, 0.3) is 0 Å². The highest BCUT2D eigenvalue weighted by Crippen LogP contribution is 2.21. The van der Waals surface area contributed by atoms with Crippen LogP contribution in [0.4, 0.5) is 4.79 Å². The average molecular weight is 581 g/mol. The van der Waals surface area contributed by atoms with Crippen LogP contribution in [0.1, 0.15) is 106 Å². The highest BCUT2D eigenvalue weighted by molar-refractivity contribution is 6.61. The van der Waals surface area contributed by atoms with Crippen molar-refractivity contribution in [2.45, 2.75) is 118 Å². The number of hydrogen-bond acceptors (Lipinski definition) is 7. The average Bonchev–Trinajstić information content (AvgIpc) is 2.93. The smallest absolute Gasteiger partial charge is 0.373 e. The number of rotatable bonds is 28. The van der Waals surface area contributed by atoms with Crippen LogP contribution in [-0.4, -0.2) is 76.4 Å². The van der Waals surface area contributed by atoms with Gasteiger partial charge in [0.05, 0.1) is 0 Å². The number of urea groups is 1. The Morgan fingerprint density at radius 2 is 0.737 bits per heavy atom. The SMILES string of the molecule is CCCO[Si](CCCCNC(=O)NCCCC[Si](OCCC)(OCCC)OCCC)(OCCC)OCCC. The third-order valence-corrected chi connectivity index (χ3v) is 11.3. The quantitative estimate of drug-likeness (QED) is 0.0830. The number of carbonyl (C=O) groups is 1. The van der Waals surface area contributed by atoms with Gasteiger partial charge in [0.25, 0.3) is 0 Å².